The van der Waals surface area contributed by atoms with E-state index in [2.05, 4.69) is 9.97 Å². The highest BCUT2D eigenvalue weighted by atomic mass is 16.5. The van der Waals surface area contributed by atoms with Crippen LogP contribution in [0.3, 0.4) is 0 Å². The van der Waals surface area contributed by atoms with Crippen LogP contribution in [0.5, 0.6) is 11.5 Å². The van der Waals surface area contributed by atoms with Crippen molar-refractivity contribution >= 4 is 28.1 Å². The molecule has 1 aromatic heterocycles. The zero-order chi connectivity index (χ0) is 18.3. The normalized spacial score (nSPS) is 14.4. The van der Waals surface area contributed by atoms with Crippen LogP contribution in [0.15, 0.2) is 48.2 Å². The molecule has 3 N–H and O–H groups in total. The molecule has 2 aromatic carbocycles. The Morgan fingerprint density at radius 1 is 1.12 bits per heavy atom. The average molecular weight is 350 g/mol. The molecular formula is C19H18N4O3. The van der Waals surface area contributed by atoms with Crippen molar-refractivity contribution in [3.63, 3.8) is 0 Å². The number of anilines is 1. The summed E-state index contributed by atoms with van der Waals surface area (Å²) in [5.41, 5.74) is 2.78. The summed E-state index contributed by atoms with van der Waals surface area (Å²) in [7, 11) is 3.13. The van der Waals surface area contributed by atoms with Gasteiger partial charge in [0.05, 0.1) is 37.4 Å². The number of aromatic amines is 1. The molecule has 0 radical (unpaired) electrons. The maximum atomic E-state index is 10.5. The summed E-state index contributed by atoms with van der Waals surface area (Å²) in [6, 6.07) is 13.0. The molecule has 132 valence electrons. The summed E-state index contributed by atoms with van der Waals surface area (Å²) in [6.45, 7) is 0.195. The van der Waals surface area contributed by atoms with E-state index in [1.807, 2.05) is 30.3 Å². The highest BCUT2D eigenvalue weighted by molar-refractivity contribution is 6.30. The second-order valence-corrected chi connectivity index (χ2v) is 5.90. The van der Waals surface area contributed by atoms with E-state index >= 15 is 0 Å². The lowest BCUT2D eigenvalue weighted by Gasteiger charge is -2.20. The number of benzene rings is 2. The van der Waals surface area contributed by atoms with Crippen molar-refractivity contribution in [1.29, 1.82) is 5.41 Å². The summed E-state index contributed by atoms with van der Waals surface area (Å²) < 4.78 is 10.6. The first kappa shape index (κ1) is 16.0. The number of H-pyrrole nitrogens is 1. The third-order valence-corrected chi connectivity index (χ3v) is 4.41. The largest absolute Gasteiger partial charge is 0.509 e. The number of aliphatic hydroxyl groups is 1. The molecule has 0 amide bonds. The number of nitrogens with one attached hydrogen (secondary N) is 2. The Morgan fingerprint density at radius 3 is 2.62 bits per heavy atom. The molecule has 1 aliphatic heterocycles. The molecule has 0 atom stereocenters. The van der Waals surface area contributed by atoms with Crippen LogP contribution in [0, 0.1) is 5.41 Å². The van der Waals surface area contributed by atoms with Crippen LogP contribution in [-0.4, -0.2) is 41.7 Å². The van der Waals surface area contributed by atoms with Gasteiger partial charge in [-0.25, -0.2) is 4.98 Å². The van der Waals surface area contributed by atoms with Crippen LogP contribution in [0.2, 0.25) is 0 Å². The molecule has 7 heteroatoms. The van der Waals surface area contributed by atoms with E-state index in [1.54, 1.807) is 31.3 Å². The fourth-order valence-corrected chi connectivity index (χ4v) is 3.11. The van der Waals surface area contributed by atoms with E-state index < -0.39 is 0 Å². The third kappa shape index (κ3) is 2.45. The second-order valence-electron chi connectivity index (χ2n) is 5.90. The molecule has 3 aromatic rings. The number of amidine groups is 1. The van der Waals surface area contributed by atoms with Gasteiger partial charge < -0.3 is 24.5 Å². The highest BCUT2D eigenvalue weighted by Crippen LogP contribution is 2.35. The Labute approximate surface area is 150 Å². The predicted octanol–water partition coefficient (Wildman–Crippen LogP) is 3.35. The van der Waals surface area contributed by atoms with E-state index in [1.165, 1.54) is 0 Å². The van der Waals surface area contributed by atoms with E-state index in [0.717, 1.165) is 16.7 Å². The van der Waals surface area contributed by atoms with Crippen LogP contribution < -0.4 is 14.4 Å². The number of hydrogen-bond acceptors (Lipinski definition) is 5. The molecule has 0 bridgehead atoms. The van der Waals surface area contributed by atoms with Gasteiger partial charge in [-0.15, -0.1) is 0 Å². The summed E-state index contributed by atoms with van der Waals surface area (Å²) in [6.07, 6.45) is 0. The second kappa shape index (κ2) is 6.11. The van der Waals surface area contributed by atoms with Gasteiger partial charge >= 0.3 is 0 Å². The van der Waals surface area contributed by atoms with Crippen molar-refractivity contribution < 1.29 is 14.6 Å². The van der Waals surface area contributed by atoms with Gasteiger partial charge in [0.15, 0.2) is 11.5 Å². The van der Waals surface area contributed by atoms with E-state index in [-0.39, 0.29) is 18.1 Å². The monoisotopic (exact) mass is 350 g/mol. The van der Waals surface area contributed by atoms with Crippen molar-refractivity contribution in [3.8, 4) is 11.5 Å². The Kier molecular flexibility index (Phi) is 3.76. The molecule has 26 heavy (non-hydrogen) atoms. The number of rotatable bonds is 4. The van der Waals surface area contributed by atoms with Crippen molar-refractivity contribution in [2.24, 2.45) is 0 Å². The summed E-state index contributed by atoms with van der Waals surface area (Å²) in [5, 5.41) is 19.0. The Balaban J connectivity index is 1.70. The van der Waals surface area contributed by atoms with E-state index in [9.17, 15) is 5.11 Å². The number of fused-ring (bicyclic) bond motifs is 1. The number of para-hydroxylation sites is 2. The quantitative estimate of drug-likeness (QED) is 0.671. The Morgan fingerprint density at radius 2 is 1.88 bits per heavy atom. The minimum Gasteiger partial charge on any atom is -0.509 e. The first-order valence-electron chi connectivity index (χ1n) is 8.08. The molecule has 0 aliphatic carbocycles. The van der Waals surface area contributed by atoms with Crippen LogP contribution in [0.1, 0.15) is 5.82 Å². The topological polar surface area (TPSA) is 94.5 Å². The lowest BCUT2D eigenvalue weighted by molar-refractivity contribution is 0.355. The van der Waals surface area contributed by atoms with Gasteiger partial charge in [0.1, 0.15) is 17.4 Å². The maximum absolute atomic E-state index is 10.5. The Bertz CT molecular complexity index is 1010. The van der Waals surface area contributed by atoms with Gasteiger partial charge in [0.25, 0.3) is 0 Å². The first-order valence-corrected chi connectivity index (χ1v) is 8.08. The van der Waals surface area contributed by atoms with Crippen molar-refractivity contribution in [2.75, 3.05) is 25.7 Å². The van der Waals surface area contributed by atoms with E-state index in [0.29, 0.717) is 22.9 Å². The van der Waals surface area contributed by atoms with Crippen LogP contribution >= 0.6 is 0 Å². The molecule has 0 saturated heterocycles. The lowest BCUT2D eigenvalue weighted by atomic mass is 10.2. The maximum Gasteiger partial charge on any atom is 0.162 e. The predicted molar refractivity (Wildman–Crippen MR) is 100 cm³/mol. The van der Waals surface area contributed by atoms with Crippen molar-refractivity contribution in [3.05, 3.63) is 54.0 Å². The highest BCUT2D eigenvalue weighted by Gasteiger charge is 2.31. The molecule has 0 spiro atoms. The van der Waals surface area contributed by atoms with Crippen LogP contribution in [0.4, 0.5) is 5.69 Å². The number of aliphatic hydroxyl groups excluding tert-OH is 1. The number of methoxy groups -OCH3 is 2. The van der Waals surface area contributed by atoms with Gasteiger partial charge in [-0.2, -0.15) is 0 Å². The Hall–Kier alpha value is -3.48. The van der Waals surface area contributed by atoms with Crippen LogP contribution in [-0.2, 0) is 0 Å². The fraction of sp³-hybridized carbons (Fsp3) is 0.158. The van der Waals surface area contributed by atoms with Gasteiger partial charge in [0, 0.05) is 11.8 Å². The number of nitrogens with zero attached hydrogens (tertiary/aromatic N) is 2. The molecule has 0 saturated carbocycles. The van der Waals surface area contributed by atoms with Crippen LogP contribution in [0.25, 0.3) is 16.6 Å². The first-order chi connectivity index (χ1) is 12.6. The number of ether oxygens (including phenoxy) is 2. The van der Waals surface area contributed by atoms with Crippen molar-refractivity contribution in [2.45, 2.75) is 0 Å². The summed E-state index contributed by atoms with van der Waals surface area (Å²) in [5.74, 6) is 1.93. The minimum absolute atomic E-state index is 0.101. The molecule has 2 heterocycles. The average Bonchev–Trinajstić information content (AvgIpc) is 3.21. The number of imidazole rings is 1. The molecular weight excluding hydrogens is 332 g/mol. The standard InChI is InChI=1S/C19H18N4O3/c1-25-15-8-7-11(9-16(15)26-2)23-10-14(24)17(18(23)20)19-21-12-5-3-4-6-13(12)22-19/h3-9,20,24H,10H2,1-2H3,(H,21,22). The van der Waals surface area contributed by atoms with Gasteiger partial charge in [-0.3, -0.25) is 5.41 Å². The van der Waals surface area contributed by atoms with E-state index in [4.69, 9.17) is 14.9 Å². The molecule has 4 rings (SSSR count). The molecule has 1 aliphatic rings. The van der Waals surface area contributed by atoms with Gasteiger partial charge in [0.2, 0.25) is 0 Å². The minimum atomic E-state index is 0.101. The smallest absolute Gasteiger partial charge is 0.162 e. The van der Waals surface area contributed by atoms with Gasteiger partial charge in [-0.1, -0.05) is 12.1 Å². The summed E-state index contributed by atoms with van der Waals surface area (Å²) in [4.78, 5) is 9.36. The zero-order valence-electron chi connectivity index (χ0n) is 14.4. The third-order valence-electron chi connectivity index (χ3n) is 4.41. The lowest BCUT2D eigenvalue weighted by Crippen LogP contribution is -2.26. The van der Waals surface area contributed by atoms with Gasteiger partial charge in [-0.05, 0) is 24.3 Å². The zero-order valence-corrected chi connectivity index (χ0v) is 14.4. The molecule has 0 fully saturated rings. The SMILES string of the molecule is COc1ccc(N2CC(O)=C(c3nc4ccccc4[nH]3)C2=N)cc1OC. The number of hydrogen-bond donors (Lipinski definition) is 3. The molecule has 0 unspecified atom stereocenters. The fourth-order valence-electron chi connectivity index (χ4n) is 3.11. The summed E-state index contributed by atoms with van der Waals surface area (Å²) >= 11 is 0. The van der Waals surface area contributed by atoms with Crippen molar-refractivity contribution in [1.82, 2.24) is 9.97 Å². The number of aromatic nitrogens is 2. The molecule has 7 nitrogen and oxygen atoms in total.